The average molecular weight is 727 g/mol. The van der Waals surface area contributed by atoms with Gasteiger partial charge in [0.2, 0.25) is 15.9 Å². The summed E-state index contributed by atoms with van der Waals surface area (Å²) < 4.78 is 49.7. The van der Waals surface area contributed by atoms with Crippen LogP contribution in [0.15, 0.2) is 72.8 Å². The summed E-state index contributed by atoms with van der Waals surface area (Å²) in [5.74, 6) is -1.96. The van der Waals surface area contributed by atoms with Crippen LogP contribution in [0, 0.1) is 11.7 Å². The van der Waals surface area contributed by atoms with Crippen LogP contribution in [0.25, 0.3) is 0 Å². The number of carbonyl (C=O) groups is 3. The van der Waals surface area contributed by atoms with Crippen LogP contribution in [0.2, 0.25) is 0 Å². The van der Waals surface area contributed by atoms with Gasteiger partial charge in [0.1, 0.15) is 11.9 Å². The summed E-state index contributed by atoms with van der Waals surface area (Å²) in [6, 6.07) is 20.9. The number of hydrogen-bond acceptors (Lipinski definition) is 9. The predicted octanol–water partition coefficient (Wildman–Crippen LogP) is 4.71. The maximum Gasteiger partial charge on any atom is 0.303 e. The van der Waals surface area contributed by atoms with Gasteiger partial charge in [-0.3, -0.25) is 14.4 Å². The second-order valence-corrected chi connectivity index (χ2v) is 14.9. The normalized spacial score (nSPS) is 16.7. The molecule has 3 N–H and O–H groups in total. The van der Waals surface area contributed by atoms with Crippen molar-refractivity contribution in [3.05, 3.63) is 101 Å². The van der Waals surface area contributed by atoms with E-state index < -0.39 is 58.6 Å². The van der Waals surface area contributed by atoms with Gasteiger partial charge in [-0.25, -0.2) is 17.5 Å². The minimum absolute atomic E-state index is 0.0790. The van der Waals surface area contributed by atoms with Crippen molar-refractivity contribution in [3.63, 3.8) is 0 Å². The van der Waals surface area contributed by atoms with Gasteiger partial charge >= 0.3 is 11.9 Å². The molecule has 276 valence electrons. The Labute approximate surface area is 298 Å². The molecule has 13 heteroatoms. The monoisotopic (exact) mass is 726 g/mol. The number of nitrogens with zero attached hydrogens (tertiary/aromatic N) is 1. The number of anilines is 1. The first kappa shape index (κ1) is 39.6. The smallest absolute Gasteiger partial charge is 0.303 e. The molecule has 4 rings (SSSR count). The Balaban J connectivity index is 1.52. The van der Waals surface area contributed by atoms with E-state index in [0.29, 0.717) is 56.3 Å². The third kappa shape index (κ3) is 11.2. The first-order chi connectivity index (χ1) is 24.2. The number of rotatable bonds is 19. The van der Waals surface area contributed by atoms with E-state index in [1.165, 1.54) is 26.0 Å². The molecule has 0 aliphatic carbocycles. The van der Waals surface area contributed by atoms with E-state index in [-0.39, 0.29) is 18.4 Å². The van der Waals surface area contributed by atoms with E-state index in [4.69, 9.17) is 9.47 Å². The highest BCUT2D eigenvalue weighted by atomic mass is 32.2. The number of ether oxygens (including phenoxy) is 2. The standard InChI is InChI=1S/C38H47FN2O9S/c1-26(44)49-35(30-14-16-32(39)17-15-30)21-20-34-36(31-12-8-28(9-13-31)6-4-22-38(24-42,25-43)50-27(2)45)41(37(34)46)33-18-10-29(11-19-33)7-5-23-40-51(3,47)48/h8-19,34-36,40,42-43H,4-7,20-25H2,1-3H3. The number of aliphatic hydroxyl groups is 2. The third-order valence-corrected chi connectivity index (χ3v) is 9.81. The number of benzene rings is 3. The summed E-state index contributed by atoms with van der Waals surface area (Å²) in [5.41, 5.74) is 2.91. The number of sulfonamides is 1. The van der Waals surface area contributed by atoms with Crippen molar-refractivity contribution >= 4 is 33.6 Å². The van der Waals surface area contributed by atoms with Crippen molar-refractivity contribution in [2.24, 2.45) is 5.92 Å². The van der Waals surface area contributed by atoms with Crippen molar-refractivity contribution in [2.45, 2.75) is 76.5 Å². The van der Waals surface area contributed by atoms with Gasteiger partial charge in [-0.1, -0.05) is 48.5 Å². The first-order valence-corrected chi connectivity index (χ1v) is 18.9. The number of carbonyl (C=O) groups excluding carboxylic acids is 3. The topological polar surface area (TPSA) is 160 Å². The zero-order valence-electron chi connectivity index (χ0n) is 29.2. The number of aliphatic hydroxyl groups excluding tert-OH is 2. The van der Waals surface area contributed by atoms with Crippen LogP contribution in [0.1, 0.15) is 80.4 Å². The summed E-state index contributed by atoms with van der Waals surface area (Å²) in [4.78, 5) is 39.0. The highest BCUT2D eigenvalue weighted by Crippen LogP contribution is 2.46. The number of β-lactam (4-membered cyclic amide) rings is 1. The van der Waals surface area contributed by atoms with Gasteiger partial charge in [0, 0.05) is 26.1 Å². The zero-order chi connectivity index (χ0) is 37.2. The molecule has 3 aromatic rings. The van der Waals surface area contributed by atoms with Crippen LogP contribution in [-0.4, -0.2) is 68.1 Å². The van der Waals surface area contributed by atoms with Crippen LogP contribution in [0.5, 0.6) is 0 Å². The lowest BCUT2D eigenvalue weighted by Crippen LogP contribution is -2.55. The lowest BCUT2D eigenvalue weighted by atomic mass is 9.78. The fourth-order valence-corrected chi connectivity index (χ4v) is 7.01. The summed E-state index contributed by atoms with van der Waals surface area (Å²) in [7, 11) is -3.26. The maximum atomic E-state index is 13.8. The SMILES string of the molecule is CC(=O)OC(CCC1C(=O)N(c2ccc(CCCNS(C)(=O)=O)cc2)C1c1ccc(CCCC(CO)(CO)OC(C)=O)cc1)c1ccc(F)cc1. The molecule has 0 radical (unpaired) electrons. The third-order valence-electron chi connectivity index (χ3n) is 9.08. The molecule has 0 spiro atoms. The van der Waals surface area contributed by atoms with Crippen LogP contribution in [0.4, 0.5) is 10.1 Å². The van der Waals surface area contributed by atoms with E-state index in [1.54, 1.807) is 17.0 Å². The van der Waals surface area contributed by atoms with Gasteiger partial charge < -0.3 is 24.6 Å². The predicted molar refractivity (Wildman–Crippen MR) is 190 cm³/mol. The van der Waals surface area contributed by atoms with Gasteiger partial charge in [-0.2, -0.15) is 0 Å². The molecule has 0 bridgehead atoms. The van der Waals surface area contributed by atoms with E-state index in [0.717, 1.165) is 22.9 Å². The first-order valence-electron chi connectivity index (χ1n) is 17.0. The van der Waals surface area contributed by atoms with Gasteiger partial charge in [-0.05, 0) is 91.5 Å². The summed E-state index contributed by atoms with van der Waals surface area (Å²) >= 11 is 0. The number of amides is 1. The van der Waals surface area contributed by atoms with Gasteiger partial charge in [0.15, 0.2) is 5.60 Å². The van der Waals surface area contributed by atoms with Crippen molar-refractivity contribution in [1.29, 1.82) is 0 Å². The van der Waals surface area contributed by atoms with Crippen LogP contribution in [0.3, 0.4) is 0 Å². The largest absolute Gasteiger partial charge is 0.458 e. The Morgan fingerprint density at radius 1 is 0.902 bits per heavy atom. The number of aryl methyl sites for hydroxylation is 2. The van der Waals surface area contributed by atoms with Crippen molar-refractivity contribution in [2.75, 3.05) is 30.9 Å². The second-order valence-electron chi connectivity index (χ2n) is 13.1. The Bertz CT molecular complexity index is 1730. The van der Waals surface area contributed by atoms with E-state index in [9.17, 15) is 37.4 Å². The Morgan fingerprint density at radius 3 is 2.04 bits per heavy atom. The molecule has 1 aliphatic rings. The lowest BCUT2D eigenvalue weighted by Gasteiger charge is -2.48. The number of esters is 2. The molecule has 3 atom stereocenters. The van der Waals surface area contributed by atoms with Gasteiger partial charge in [0.05, 0.1) is 31.4 Å². The van der Waals surface area contributed by atoms with Crippen molar-refractivity contribution in [3.8, 4) is 0 Å². The van der Waals surface area contributed by atoms with Crippen molar-refractivity contribution in [1.82, 2.24) is 4.72 Å². The molecule has 1 saturated heterocycles. The van der Waals surface area contributed by atoms with E-state index in [1.807, 2.05) is 48.5 Å². The number of halogens is 1. The molecule has 3 aromatic carbocycles. The molecule has 0 saturated carbocycles. The Kier molecular flexibility index (Phi) is 13.9. The fourth-order valence-electron chi connectivity index (χ4n) is 6.50. The molecular formula is C38H47FN2O9S. The van der Waals surface area contributed by atoms with E-state index in [2.05, 4.69) is 4.72 Å². The zero-order valence-corrected chi connectivity index (χ0v) is 30.0. The molecular weight excluding hydrogens is 679 g/mol. The van der Waals surface area contributed by atoms with E-state index >= 15 is 0 Å². The number of nitrogens with one attached hydrogen (secondary N) is 1. The second kappa shape index (κ2) is 17.9. The maximum absolute atomic E-state index is 13.8. The molecule has 11 nitrogen and oxygen atoms in total. The molecule has 1 fully saturated rings. The molecule has 0 aromatic heterocycles. The van der Waals surface area contributed by atoms with Crippen molar-refractivity contribution < 1.29 is 46.9 Å². The quantitative estimate of drug-likeness (QED) is 0.0904. The summed E-state index contributed by atoms with van der Waals surface area (Å²) in [5, 5.41) is 19.5. The number of hydrogen-bond donors (Lipinski definition) is 3. The molecule has 1 heterocycles. The Hall–Kier alpha value is -4.17. The Morgan fingerprint density at radius 2 is 1.49 bits per heavy atom. The molecule has 51 heavy (non-hydrogen) atoms. The average Bonchev–Trinajstić information content (AvgIpc) is 3.08. The van der Waals surface area contributed by atoms with Crippen LogP contribution in [-0.2, 0) is 46.7 Å². The van der Waals surface area contributed by atoms with Crippen LogP contribution < -0.4 is 9.62 Å². The van der Waals surface area contributed by atoms with Crippen LogP contribution >= 0.6 is 0 Å². The lowest BCUT2D eigenvalue weighted by molar-refractivity contribution is -0.168. The highest BCUT2D eigenvalue weighted by molar-refractivity contribution is 7.88. The fraction of sp³-hybridized carbons (Fsp3) is 0.447. The molecule has 1 amide bonds. The molecule has 1 aliphatic heterocycles. The van der Waals surface area contributed by atoms with Gasteiger partial charge in [-0.15, -0.1) is 0 Å². The van der Waals surface area contributed by atoms with Gasteiger partial charge in [0.25, 0.3) is 0 Å². The minimum Gasteiger partial charge on any atom is -0.458 e. The minimum atomic E-state index is -3.26. The highest BCUT2D eigenvalue weighted by Gasteiger charge is 2.48. The molecule has 3 unspecified atom stereocenters. The summed E-state index contributed by atoms with van der Waals surface area (Å²) in [6.07, 6.45) is 3.92. The summed E-state index contributed by atoms with van der Waals surface area (Å²) in [6.45, 7) is 1.89.